The predicted molar refractivity (Wildman–Crippen MR) is 93.9 cm³/mol. The standard InChI is InChI=1S/C18H23N3O4/c1-24-13-7-11-8-14(20-17(11)15(9-13)25-2)18(23)21(10-16(19)22)12-5-3-4-6-12/h7-9,12,20H,3-6,10H2,1-2H3,(H2,19,22). The first-order valence-corrected chi connectivity index (χ1v) is 8.37. The minimum absolute atomic E-state index is 0.0582. The Bertz CT molecular complexity index is 793. The van der Waals surface area contributed by atoms with Gasteiger partial charge in [0.2, 0.25) is 5.91 Å². The molecule has 1 aliphatic carbocycles. The van der Waals surface area contributed by atoms with Crippen molar-refractivity contribution in [1.82, 2.24) is 9.88 Å². The molecular formula is C18H23N3O4. The third-order valence-corrected chi connectivity index (χ3v) is 4.70. The van der Waals surface area contributed by atoms with Crippen LogP contribution in [0.3, 0.4) is 0 Å². The van der Waals surface area contributed by atoms with Crippen molar-refractivity contribution in [2.45, 2.75) is 31.7 Å². The summed E-state index contributed by atoms with van der Waals surface area (Å²) in [6.07, 6.45) is 3.92. The number of aromatic amines is 1. The van der Waals surface area contributed by atoms with Crippen molar-refractivity contribution in [2.24, 2.45) is 5.73 Å². The third kappa shape index (κ3) is 3.40. The predicted octanol–water partition coefficient (Wildman–Crippen LogP) is 2.06. The van der Waals surface area contributed by atoms with E-state index in [-0.39, 0.29) is 18.5 Å². The van der Waals surface area contributed by atoms with E-state index in [1.807, 2.05) is 6.07 Å². The molecule has 1 aromatic heterocycles. The van der Waals surface area contributed by atoms with Gasteiger partial charge < -0.3 is 25.1 Å². The molecule has 7 heteroatoms. The number of rotatable bonds is 6. The Balaban J connectivity index is 1.98. The molecule has 1 saturated carbocycles. The third-order valence-electron chi connectivity index (χ3n) is 4.70. The largest absolute Gasteiger partial charge is 0.497 e. The van der Waals surface area contributed by atoms with Crippen LogP contribution >= 0.6 is 0 Å². The van der Waals surface area contributed by atoms with Gasteiger partial charge in [-0.1, -0.05) is 12.8 Å². The van der Waals surface area contributed by atoms with Gasteiger partial charge in [-0.15, -0.1) is 0 Å². The summed E-state index contributed by atoms with van der Waals surface area (Å²) in [7, 11) is 3.14. The number of carbonyl (C=O) groups excluding carboxylic acids is 2. The van der Waals surface area contributed by atoms with Crippen LogP contribution in [-0.2, 0) is 4.79 Å². The normalized spacial score (nSPS) is 14.6. The molecule has 2 aromatic rings. The summed E-state index contributed by atoms with van der Waals surface area (Å²) in [4.78, 5) is 29.2. The topological polar surface area (TPSA) is 97.7 Å². The number of nitrogens with two attached hydrogens (primary N) is 1. The van der Waals surface area contributed by atoms with Gasteiger partial charge in [-0.3, -0.25) is 9.59 Å². The van der Waals surface area contributed by atoms with E-state index in [1.54, 1.807) is 31.3 Å². The van der Waals surface area contributed by atoms with Crippen molar-refractivity contribution in [3.05, 3.63) is 23.9 Å². The zero-order chi connectivity index (χ0) is 18.0. The molecule has 0 atom stereocenters. The summed E-state index contributed by atoms with van der Waals surface area (Å²) in [6.45, 7) is -0.0701. The number of hydrogen-bond acceptors (Lipinski definition) is 4. The Kier molecular flexibility index (Phi) is 4.83. The number of carbonyl (C=O) groups is 2. The number of amides is 2. The molecule has 0 bridgehead atoms. The fraction of sp³-hybridized carbons (Fsp3) is 0.444. The number of aromatic nitrogens is 1. The van der Waals surface area contributed by atoms with E-state index in [9.17, 15) is 9.59 Å². The van der Waals surface area contributed by atoms with Crippen LogP contribution < -0.4 is 15.2 Å². The highest BCUT2D eigenvalue weighted by Crippen LogP contribution is 2.32. The van der Waals surface area contributed by atoms with Crippen LogP contribution in [0.25, 0.3) is 10.9 Å². The van der Waals surface area contributed by atoms with Gasteiger partial charge in [0.15, 0.2) is 0 Å². The number of ether oxygens (including phenoxy) is 2. The zero-order valence-electron chi connectivity index (χ0n) is 14.5. The number of primary amides is 1. The average Bonchev–Trinajstić information content (AvgIpc) is 3.27. The Morgan fingerprint density at radius 2 is 1.92 bits per heavy atom. The van der Waals surface area contributed by atoms with Gasteiger partial charge in [0.25, 0.3) is 5.91 Å². The summed E-state index contributed by atoms with van der Waals surface area (Å²) in [6, 6.07) is 5.40. The van der Waals surface area contributed by atoms with Crippen molar-refractivity contribution < 1.29 is 19.1 Å². The van der Waals surface area contributed by atoms with E-state index in [0.29, 0.717) is 17.2 Å². The first-order valence-electron chi connectivity index (χ1n) is 8.37. The van der Waals surface area contributed by atoms with Crippen LogP contribution in [-0.4, -0.2) is 48.5 Å². The minimum Gasteiger partial charge on any atom is -0.497 e. The molecule has 134 valence electrons. The molecule has 2 amide bonds. The van der Waals surface area contributed by atoms with Crippen LogP contribution in [0, 0.1) is 0 Å². The van der Waals surface area contributed by atoms with Crippen molar-refractivity contribution in [3.8, 4) is 11.5 Å². The molecule has 3 rings (SSSR count). The number of H-pyrrole nitrogens is 1. The lowest BCUT2D eigenvalue weighted by Crippen LogP contribution is -2.44. The maximum atomic E-state index is 13.0. The highest BCUT2D eigenvalue weighted by atomic mass is 16.5. The van der Waals surface area contributed by atoms with Crippen LogP contribution in [0.2, 0.25) is 0 Å². The fourth-order valence-corrected chi connectivity index (χ4v) is 3.48. The minimum atomic E-state index is -0.504. The monoisotopic (exact) mass is 345 g/mol. The van der Waals surface area contributed by atoms with Gasteiger partial charge in [-0.2, -0.15) is 0 Å². The Labute approximate surface area is 146 Å². The maximum absolute atomic E-state index is 13.0. The maximum Gasteiger partial charge on any atom is 0.271 e. The molecule has 0 spiro atoms. The van der Waals surface area contributed by atoms with Gasteiger partial charge >= 0.3 is 0 Å². The first-order chi connectivity index (χ1) is 12.0. The van der Waals surface area contributed by atoms with Gasteiger partial charge in [-0.05, 0) is 25.0 Å². The van der Waals surface area contributed by atoms with Crippen molar-refractivity contribution in [3.63, 3.8) is 0 Å². The lowest BCUT2D eigenvalue weighted by atomic mass is 10.2. The molecule has 0 unspecified atom stereocenters. The number of nitrogens with zero attached hydrogens (tertiary/aromatic N) is 1. The van der Waals surface area contributed by atoms with E-state index < -0.39 is 5.91 Å². The Morgan fingerprint density at radius 1 is 1.20 bits per heavy atom. The smallest absolute Gasteiger partial charge is 0.271 e. The Hall–Kier alpha value is -2.70. The summed E-state index contributed by atoms with van der Waals surface area (Å²) in [5, 5.41) is 0.810. The summed E-state index contributed by atoms with van der Waals surface area (Å²) in [5.74, 6) is 0.515. The number of benzene rings is 1. The molecule has 0 radical (unpaired) electrons. The van der Waals surface area contributed by atoms with Gasteiger partial charge in [-0.25, -0.2) is 0 Å². The second-order valence-corrected chi connectivity index (χ2v) is 6.31. The van der Waals surface area contributed by atoms with Crippen LogP contribution in [0.1, 0.15) is 36.2 Å². The van der Waals surface area contributed by atoms with Crippen molar-refractivity contribution in [1.29, 1.82) is 0 Å². The zero-order valence-corrected chi connectivity index (χ0v) is 14.5. The second-order valence-electron chi connectivity index (χ2n) is 6.31. The molecular weight excluding hydrogens is 322 g/mol. The summed E-state index contributed by atoms with van der Waals surface area (Å²) in [5.41, 5.74) is 6.49. The molecule has 1 heterocycles. The van der Waals surface area contributed by atoms with E-state index in [1.165, 1.54) is 0 Å². The number of methoxy groups -OCH3 is 2. The molecule has 0 aliphatic heterocycles. The van der Waals surface area contributed by atoms with E-state index in [2.05, 4.69) is 4.98 Å². The number of hydrogen-bond donors (Lipinski definition) is 2. The fourth-order valence-electron chi connectivity index (χ4n) is 3.48. The molecule has 3 N–H and O–H groups in total. The second kappa shape index (κ2) is 7.04. The van der Waals surface area contributed by atoms with Crippen LogP contribution in [0.15, 0.2) is 18.2 Å². The quantitative estimate of drug-likeness (QED) is 0.837. The summed E-state index contributed by atoms with van der Waals surface area (Å²) >= 11 is 0. The Morgan fingerprint density at radius 3 is 2.52 bits per heavy atom. The van der Waals surface area contributed by atoms with E-state index in [0.717, 1.165) is 36.6 Å². The van der Waals surface area contributed by atoms with Crippen LogP contribution in [0.4, 0.5) is 0 Å². The van der Waals surface area contributed by atoms with E-state index in [4.69, 9.17) is 15.2 Å². The van der Waals surface area contributed by atoms with Gasteiger partial charge in [0.1, 0.15) is 17.2 Å². The SMILES string of the molecule is COc1cc(OC)c2[nH]c(C(=O)N(CC(N)=O)C3CCCC3)cc2c1. The van der Waals surface area contributed by atoms with Gasteiger partial charge in [0.05, 0.1) is 26.3 Å². The lowest BCUT2D eigenvalue weighted by Gasteiger charge is -2.27. The summed E-state index contributed by atoms with van der Waals surface area (Å²) < 4.78 is 10.6. The van der Waals surface area contributed by atoms with Crippen LogP contribution in [0.5, 0.6) is 11.5 Å². The molecule has 1 aromatic carbocycles. The molecule has 1 fully saturated rings. The highest BCUT2D eigenvalue weighted by Gasteiger charge is 2.29. The van der Waals surface area contributed by atoms with Crippen molar-refractivity contribution in [2.75, 3.05) is 20.8 Å². The average molecular weight is 345 g/mol. The van der Waals surface area contributed by atoms with Gasteiger partial charge in [0, 0.05) is 17.5 Å². The lowest BCUT2D eigenvalue weighted by molar-refractivity contribution is -0.119. The number of fused-ring (bicyclic) bond motifs is 1. The highest BCUT2D eigenvalue weighted by molar-refractivity contribution is 6.01. The molecule has 7 nitrogen and oxygen atoms in total. The molecule has 1 aliphatic rings. The number of nitrogens with one attached hydrogen (secondary N) is 1. The molecule has 0 saturated heterocycles. The molecule has 25 heavy (non-hydrogen) atoms. The first kappa shape index (κ1) is 17.1. The van der Waals surface area contributed by atoms with E-state index >= 15 is 0 Å². The van der Waals surface area contributed by atoms with Crippen molar-refractivity contribution >= 4 is 22.7 Å².